The Kier molecular flexibility index (Phi) is 22.8. The van der Waals surface area contributed by atoms with E-state index in [2.05, 4.69) is 38.5 Å². The molecule has 392 valence electrons. The van der Waals surface area contributed by atoms with Crippen molar-refractivity contribution in [3.05, 3.63) is 102 Å². The molecule has 1 aliphatic heterocycles. The number of carboxylic acid groups (broad SMARTS) is 2. The summed E-state index contributed by atoms with van der Waals surface area (Å²) in [6.07, 6.45) is 4.48. The number of rotatable bonds is 13. The van der Waals surface area contributed by atoms with Gasteiger partial charge in [-0.25, -0.2) is 9.59 Å². The fourth-order valence-corrected chi connectivity index (χ4v) is 7.76. The van der Waals surface area contributed by atoms with Crippen LogP contribution in [0.25, 0.3) is 0 Å². The number of benzene rings is 2. The van der Waals surface area contributed by atoms with Crippen molar-refractivity contribution >= 4 is 53.3 Å². The Balaban J connectivity index is 2.11. The van der Waals surface area contributed by atoms with Crippen molar-refractivity contribution in [3.8, 4) is 5.75 Å². The first kappa shape index (κ1) is 59.0. The minimum Gasteiger partial charge on any atom is -0.508 e. The van der Waals surface area contributed by atoms with E-state index in [1.807, 2.05) is 50.3 Å². The van der Waals surface area contributed by atoms with Crippen molar-refractivity contribution < 1.29 is 63.2 Å². The average molecular weight is 1000 g/mol. The second-order valence-electron chi connectivity index (χ2n) is 18.7. The predicted molar refractivity (Wildman–Crippen MR) is 266 cm³/mol. The molecule has 7 amide bonds. The molecule has 1 saturated heterocycles. The Morgan fingerprint density at radius 1 is 0.764 bits per heavy atom. The summed E-state index contributed by atoms with van der Waals surface area (Å²) < 4.78 is 5.82. The van der Waals surface area contributed by atoms with Crippen LogP contribution in [0.4, 0.5) is 0 Å². The van der Waals surface area contributed by atoms with Crippen LogP contribution in [0.3, 0.4) is 0 Å². The molecule has 2 aromatic rings. The third kappa shape index (κ3) is 18.1. The number of hydrogen-bond donors (Lipinski definition) is 9. The molecule has 0 bridgehead atoms. The van der Waals surface area contributed by atoms with Crippen molar-refractivity contribution in [2.75, 3.05) is 14.2 Å². The standard InChI is InChI=1S/C52H71N7O13/c1-28(2)24-40-49(66)54-38(21-16-29(3)25-30(4)42(72-10)27-35-14-12-11-13-15-35)31(5)45(62)55-39(51(68)69)22-23-43(61)59(9)34(8)48(65)53-33(7)47(64)57-41(26-36-17-19-37(60)20-18-36)50(67)58-44(52(70)71)32(6)46(63)56-40/h11-21,25,28,30-33,38-42,44,60H,8,22-24,26-27H2,1-7,9-10H3,(H,53,65)(H,54,66)(H,55,62)(H,56,63)(H,57,64)(H,58,67)(H,68,69)(H,70,71). The average Bonchev–Trinajstić information content (AvgIpc) is 3.33. The minimum atomic E-state index is -1.91. The normalized spacial score (nSPS) is 25.2. The third-order valence-electron chi connectivity index (χ3n) is 12.4. The highest BCUT2D eigenvalue weighted by Gasteiger charge is 2.37. The van der Waals surface area contributed by atoms with Crippen molar-refractivity contribution in [3.63, 3.8) is 0 Å². The zero-order valence-corrected chi connectivity index (χ0v) is 42.4. The highest BCUT2D eigenvalue weighted by molar-refractivity contribution is 6.00. The molecule has 20 nitrogen and oxygen atoms in total. The van der Waals surface area contributed by atoms with Crippen LogP contribution in [-0.2, 0) is 60.7 Å². The van der Waals surface area contributed by atoms with Crippen LogP contribution < -0.4 is 31.9 Å². The lowest BCUT2D eigenvalue weighted by Crippen LogP contribution is -2.59. The van der Waals surface area contributed by atoms with Gasteiger partial charge in [-0.05, 0) is 62.3 Å². The summed E-state index contributed by atoms with van der Waals surface area (Å²) in [7, 11) is 2.82. The molecule has 0 aliphatic carbocycles. The van der Waals surface area contributed by atoms with E-state index in [1.165, 1.54) is 52.1 Å². The highest BCUT2D eigenvalue weighted by atomic mass is 16.5. The fraction of sp³-hybridized carbons (Fsp3) is 0.481. The molecule has 1 heterocycles. The van der Waals surface area contributed by atoms with Crippen LogP contribution in [0, 0.1) is 23.7 Å². The van der Waals surface area contributed by atoms with Crippen molar-refractivity contribution in [2.24, 2.45) is 23.7 Å². The molecule has 1 aliphatic rings. The molecule has 10 unspecified atom stereocenters. The zero-order chi connectivity index (χ0) is 54.0. The van der Waals surface area contributed by atoms with Crippen LogP contribution in [0.15, 0.2) is 90.7 Å². The van der Waals surface area contributed by atoms with E-state index < -0.39 is 120 Å². The number of phenolic OH excluding ortho intramolecular Hbond substituents is 1. The van der Waals surface area contributed by atoms with Crippen molar-refractivity contribution in [2.45, 2.75) is 123 Å². The summed E-state index contributed by atoms with van der Waals surface area (Å²) in [5.74, 6) is -12.5. The van der Waals surface area contributed by atoms with Gasteiger partial charge in [0.25, 0.3) is 5.91 Å². The Morgan fingerprint density at radius 3 is 1.94 bits per heavy atom. The van der Waals surface area contributed by atoms with Gasteiger partial charge < -0.3 is 56.9 Å². The number of hydrogen-bond acceptors (Lipinski definition) is 11. The van der Waals surface area contributed by atoms with Crippen LogP contribution in [0.1, 0.15) is 78.9 Å². The second-order valence-corrected chi connectivity index (χ2v) is 18.7. The number of nitrogens with zero attached hydrogens (tertiary/aromatic N) is 1. The SMILES string of the molecule is C=C1C(=O)NC(C)C(=O)NC(Cc2ccc(O)cc2)C(=O)NC(C(=O)O)C(C)C(=O)NC(CC(C)C)C(=O)NC(C=CC(C)=CC(C)C(Cc2ccccc2)OC)C(C)C(=O)NC(C(=O)O)CCC(=O)N1C. The fourth-order valence-electron chi connectivity index (χ4n) is 7.76. The second kappa shape index (κ2) is 27.9. The molecule has 0 spiro atoms. The Morgan fingerprint density at radius 2 is 1.36 bits per heavy atom. The number of aliphatic carboxylic acids is 2. The number of amides is 7. The van der Waals surface area contributed by atoms with Gasteiger partial charge in [-0.2, -0.15) is 0 Å². The number of ether oxygens (including phenoxy) is 1. The number of allylic oxidation sites excluding steroid dienone is 2. The van der Waals surface area contributed by atoms with Gasteiger partial charge in [-0.15, -0.1) is 0 Å². The number of aromatic hydroxyl groups is 1. The number of carbonyl (C=O) groups excluding carboxylic acids is 7. The smallest absolute Gasteiger partial charge is 0.327 e. The summed E-state index contributed by atoms with van der Waals surface area (Å²) in [6.45, 7) is 15.0. The number of carbonyl (C=O) groups is 9. The maximum Gasteiger partial charge on any atom is 0.327 e. The van der Waals surface area contributed by atoms with Crippen molar-refractivity contribution in [1.29, 1.82) is 0 Å². The van der Waals surface area contributed by atoms with E-state index in [-0.39, 0.29) is 36.5 Å². The van der Waals surface area contributed by atoms with E-state index in [0.29, 0.717) is 12.0 Å². The minimum absolute atomic E-state index is 0.0348. The number of carboxylic acids is 2. The molecular formula is C52H71N7O13. The summed E-state index contributed by atoms with van der Waals surface area (Å²) in [5.41, 5.74) is 1.79. The number of phenols is 1. The van der Waals surface area contributed by atoms with Crippen molar-refractivity contribution in [1.82, 2.24) is 36.8 Å². The van der Waals surface area contributed by atoms with E-state index >= 15 is 0 Å². The Labute approximate surface area is 420 Å². The molecule has 3 rings (SSSR count). The molecule has 0 radical (unpaired) electrons. The van der Waals surface area contributed by atoms with Gasteiger partial charge in [0.1, 0.15) is 41.7 Å². The Hall–Kier alpha value is -7.35. The summed E-state index contributed by atoms with van der Waals surface area (Å²) in [4.78, 5) is 123. The van der Waals surface area contributed by atoms with E-state index in [1.54, 1.807) is 33.1 Å². The first-order valence-corrected chi connectivity index (χ1v) is 23.8. The molecule has 9 N–H and O–H groups in total. The van der Waals surface area contributed by atoms with Gasteiger partial charge in [0.2, 0.25) is 35.4 Å². The molecule has 10 atom stereocenters. The first-order valence-electron chi connectivity index (χ1n) is 23.8. The molecule has 72 heavy (non-hydrogen) atoms. The lowest BCUT2D eigenvalue weighted by atomic mass is 9.94. The van der Waals surface area contributed by atoms with Crippen LogP contribution in [0.5, 0.6) is 5.75 Å². The third-order valence-corrected chi connectivity index (χ3v) is 12.4. The maximum absolute atomic E-state index is 14.3. The molecular weight excluding hydrogens is 931 g/mol. The van der Waals surface area contributed by atoms with Gasteiger partial charge in [0.15, 0.2) is 0 Å². The number of methoxy groups -OCH3 is 1. The van der Waals surface area contributed by atoms with Gasteiger partial charge in [-0.3, -0.25) is 33.6 Å². The lowest BCUT2D eigenvalue weighted by Gasteiger charge is -2.29. The van der Waals surface area contributed by atoms with Gasteiger partial charge >= 0.3 is 11.9 Å². The van der Waals surface area contributed by atoms with Gasteiger partial charge in [-0.1, -0.05) is 107 Å². The topological polar surface area (TPSA) is 299 Å². The highest BCUT2D eigenvalue weighted by Crippen LogP contribution is 2.19. The van der Waals surface area contributed by atoms with Crippen LogP contribution in [-0.4, -0.2) is 130 Å². The summed E-state index contributed by atoms with van der Waals surface area (Å²) in [5, 5.41) is 45.5. The van der Waals surface area contributed by atoms with Gasteiger partial charge in [0.05, 0.1) is 24.0 Å². The lowest BCUT2D eigenvalue weighted by molar-refractivity contribution is -0.146. The number of likely N-dealkylation sites (N-methyl/N-ethyl adjacent to an activating group) is 1. The quantitative estimate of drug-likeness (QED) is 0.103. The van der Waals surface area contributed by atoms with E-state index in [4.69, 9.17) is 4.74 Å². The van der Waals surface area contributed by atoms with Crippen LogP contribution in [0.2, 0.25) is 0 Å². The first-order chi connectivity index (χ1) is 33.8. The Bertz CT molecular complexity index is 2340. The largest absolute Gasteiger partial charge is 0.508 e. The molecule has 2 aromatic carbocycles. The van der Waals surface area contributed by atoms with Gasteiger partial charge in [0, 0.05) is 32.9 Å². The van der Waals surface area contributed by atoms with E-state index in [9.17, 15) is 58.5 Å². The molecule has 0 aromatic heterocycles. The zero-order valence-electron chi connectivity index (χ0n) is 42.4. The molecule has 20 heteroatoms. The number of nitrogens with one attached hydrogen (secondary N) is 6. The van der Waals surface area contributed by atoms with E-state index in [0.717, 1.165) is 16.0 Å². The molecule has 0 saturated carbocycles. The molecule has 1 fully saturated rings. The maximum atomic E-state index is 14.3. The van der Waals surface area contributed by atoms with Crippen LogP contribution >= 0.6 is 0 Å². The summed E-state index contributed by atoms with van der Waals surface area (Å²) >= 11 is 0. The monoisotopic (exact) mass is 1000 g/mol. The summed E-state index contributed by atoms with van der Waals surface area (Å²) in [6, 6.07) is 6.51. The predicted octanol–water partition coefficient (Wildman–Crippen LogP) is 2.51.